The zero-order chi connectivity index (χ0) is 8.97. The van der Waals surface area contributed by atoms with Crippen molar-refractivity contribution in [2.24, 2.45) is 0 Å². The van der Waals surface area contributed by atoms with E-state index in [1.165, 1.54) is 6.08 Å². The van der Waals surface area contributed by atoms with Crippen LogP contribution in [0.5, 0.6) is 0 Å². The van der Waals surface area contributed by atoms with E-state index in [0.29, 0.717) is 0 Å². The predicted octanol–water partition coefficient (Wildman–Crippen LogP) is 1.63. The van der Waals surface area contributed by atoms with Crippen LogP contribution in [0.3, 0.4) is 0 Å². The fraction of sp³-hybridized carbons (Fsp3) is 0.222. The van der Waals surface area contributed by atoms with E-state index in [1.807, 2.05) is 26.0 Å². The van der Waals surface area contributed by atoms with E-state index in [9.17, 15) is 0 Å². The molecule has 0 spiro atoms. The van der Waals surface area contributed by atoms with Crippen LogP contribution >= 0.6 is 0 Å². The molecule has 1 heterocycles. The monoisotopic (exact) mass is 159 g/mol. The molecule has 0 saturated carbocycles. The molecule has 0 unspecified atom stereocenters. The summed E-state index contributed by atoms with van der Waals surface area (Å²) in [5.74, 6) is 0.729. The fourth-order valence-corrected chi connectivity index (χ4v) is 0.954. The molecule has 0 aliphatic carbocycles. The first-order valence-electron chi connectivity index (χ1n) is 3.61. The summed E-state index contributed by atoms with van der Waals surface area (Å²) in [6, 6.07) is 3.75. The minimum Gasteiger partial charge on any atom is -0.239 e. The Hall–Kier alpha value is -1.69. The molecule has 3 heteroatoms. The van der Waals surface area contributed by atoms with Gasteiger partial charge >= 0.3 is 0 Å². The Morgan fingerprint density at radius 2 is 2.17 bits per heavy atom. The summed E-state index contributed by atoms with van der Waals surface area (Å²) in [7, 11) is 0. The number of nitrogens with zero attached hydrogens (tertiary/aromatic N) is 3. The van der Waals surface area contributed by atoms with Gasteiger partial charge in [0, 0.05) is 11.8 Å². The third-order valence-electron chi connectivity index (χ3n) is 1.31. The lowest BCUT2D eigenvalue weighted by atomic mass is 10.3. The van der Waals surface area contributed by atoms with Crippen LogP contribution in [0, 0.1) is 25.2 Å². The van der Waals surface area contributed by atoms with Crippen molar-refractivity contribution < 1.29 is 0 Å². The van der Waals surface area contributed by atoms with E-state index in [1.54, 1.807) is 6.08 Å². The van der Waals surface area contributed by atoms with E-state index in [0.717, 1.165) is 17.2 Å². The molecule has 0 atom stereocenters. The minimum atomic E-state index is 0.729. The molecule has 0 radical (unpaired) electrons. The van der Waals surface area contributed by atoms with Crippen LogP contribution in [-0.4, -0.2) is 9.97 Å². The van der Waals surface area contributed by atoms with Gasteiger partial charge in [-0.3, -0.25) is 0 Å². The van der Waals surface area contributed by atoms with Gasteiger partial charge in [-0.2, -0.15) is 5.26 Å². The van der Waals surface area contributed by atoms with Crippen molar-refractivity contribution in [1.29, 1.82) is 5.26 Å². The molecule has 12 heavy (non-hydrogen) atoms. The van der Waals surface area contributed by atoms with E-state index >= 15 is 0 Å². The lowest BCUT2D eigenvalue weighted by molar-refractivity contribution is 1.00. The van der Waals surface area contributed by atoms with Crippen LogP contribution in [0.25, 0.3) is 6.08 Å². The zero-order valence-electron chi connectivity index (χ0n) is 7.07. The largest absolute Gasteiger partial charge is 0.239 e. The van der Waals surface area contributed by atoms with Crippen LogP contribution in [-0.2, 0) is 0 Å². The van der Waals surface area contributed by atoms with Gasteiger partial charge in [0.25, 0.3) is 0 Å². The third-order valence-corrected chi connectivity index (χ3v) is 1.31. The van der Waals surface area contributed by atoms with Crippen LogP contribution < -0.4 is 0 Å². The SMILES string of the molecule is Cc1cc(/C=C/C#N)nc(C)n1. The number of aromatic nitrogens is 2. The highest BCUT2D eigenvalue weighted by Crippen LogP contribution is 2.01. The van der Waals surface area contributed by atoms with E-state index in [-0.39, 0.29) is 0 Å². The second kappa shape index (κ2) is 3.63. The summed E-state index contributed by atoms with van der Waals surface area (Å²) in [6.45, 7) is 3.73. The van der Waals surface area contributed by atoms with Gasteiger partial charge in [-0.1, -0.05) is 0 Å². The van der Waals surface area contributed by atoms with Gasteiger partial charge in [-0.15, -0.1) is 0 Å². The first kappa shape index (κ1) is 8.41. The van der Waals surface area contributed by atoms with Crippen molar-refractivity contribution >= 4 is 6.08 Å². The number of nitriles is 1. The molecule has 0 saturated heterocycles. The molecular weight excluding hydrogens is 150 g/mol. The topological polar surface area (TPSA) is 49.6 Å². The summed E-state index contributed by atoms with van der Waals surface area (Å²) in [6.07, 6.45) is 3.07. The molecule has 0 aromatic carbocycles. The quantitative estimate of drug-likeness (QED) is 0.585. The van der Waals surface area contributed by atoms with E-state index < -0.39 is 0 Å². The van der Waals surface area contributed by atoms with Crippen molar-refractivity contribution in [2.75, 3.05) is 0 Å². The Balaban J connectivity index is 3.03. The highest BCUT2D eigenvalue weighted by Gasteiger charge is 1.93. The Kier molecular flexibility index (Phi) is 2.54. The van der Waals surface area contributed by atoms with Gasteiger partial charge in [0.05, 0.1) is 11.8 Å². The maximum absolute atomic E-state index is 8.29. The summed E-state index contributed by atoms with van der Waals surface area (Å²) in [5.41, 5.74) is 1.70. The van der Waals surface area contributed by atoms with Gasteiger partial charge < -0.3 is 0 Å². The standard InChI is InChI=1S/C9H9N3/c1-7-6-9(4-3-5-10)12-8(2)11-7/h3-4,6H,1-2H3/b4-3+. The highest BCUT2D eigenvalue weighted by molar-refractivity contribution is 5.47. The summed E-state index contributed by atoms with van der Waals surface area (Å²) < 4.78 is 0. The van der Waals surface area contributed by atoms with Crippen molar-refractivity contribution in [2.45, 2.75) is 13.8 Å². The van der Waals surface area contributed by atoms with Crippen LogP contribution in [0.1, 0.15) is 17.2 Å². The summed E-state index contributed by atoms with van der Waals surface area (Å²) in [4.78, 5) is 8.24. The Bertz CT molecular complexity index is 327. The minimum absolute atomic E-state index is 0.729. The summed E-state index contributed by atoms with van der Waals surface area (Å²) >= 11 is 0. The van der Waals surface area contributed by atoms with Gasteiger partial charge in [-0.05, 0) is 26.0 Å². The lowest BCUT2D eigenvalue weighted by Crippen LogP contribution is -1.92. The molecule has 0 bridgehead atoms. The molecule has 3 nitrogen and oxygen atoms in total. The average Bonchev–Trinajstić information content (AvgIpc) is 1.99. The first-order chi connectivity index (χ1) is 5.72. The van der Waals surface area contributed by atoms with Gasteiger partial charge in [0.2, 0.25) is 0 Å². The molecular formula is C9H9N3. The number of hydrogen-bond acceptors (Lipinski definition) is 3. The van der Waals surface area contributed by atoms with Crippen LogP contribution in [0.15, 0.2) is 12.1 Å². The normalized spacial score (nSPS) is 10.1. The van der Waals surface area contributed by atoms with E-state index in [4.69, 9.17) is 5.26 Å². The van der Waals surface area contributed by atoms with Crippen molar-refractivity contribution in [3.63, 3.8) is 0 Å². The average molecular weight is 159 g/mol. The van der Waals surface area contributed by atoms with Crippen molar-refractivity contribution in [3.8, 4) is 6.07 Å². The summed E-state index contributed by atoms with van der Waals surface area (Å²) in [5, 5.41) is 8.29. The molecule has 0 N–H and O–H groups in total. The lowest BCUT2D eigenvalue weighted by Gasteiger charge is -1.96. The molecule has 1 aromatic heterocycles. The third kappa shape index (κ3) is 2.17. The highest BCUT2D eigenvalue weighted by atomic mass is 14.9. The zero-order valence-corrected chi connectivity index (χ0v) is 7.07. The van der Waals surface area contributed by atoms with Gasteiger partial charge in [0.1, 0.15) is 5.82 Å². The maximum Gasteiger partial charge on any atom is 0.126 e. The van der Waals surface area contributed by atoms with Crippen molar-refractivity contribution in [1.82, 2.24) is 9.97 Å². The second-order valence-corrected chi connectivity index (χ2v) is 2.44. The fourth-order valence-electron chi connectivity index (χ4n) is 0.954. The number of hydrogen-bond donors (Lipinski definition) is 0. The van der Waals surface area contributed by atoms with Crippen LogP contribution in [0.2, 0.25) is 0 Å². The molecule has 1 aromatic rings. The molecule has 0 aliphatic rings. The number of rotatable bonds is 1. The van der Waals surface area contributed by atoms with Gasteiger partial charge in [-0.25, -0.2) is 9.97 Å². The molecule has 60 valence electrons. The predicted molar refractivity (Wildman–Crippen MR) is 46.2 cm³/mol. The van der Waals surface area contributed by atoms with E-state index in [2.05, 4.69) is 9.97 Å². The Morgan fingerprint density at radius 1 is 1.42 bits per heavy atom. The van der Waals surface area contributed by atoms with Gasteiger partial charge in [0.15, 0.2) is 0 Å². The number of aryl methyl sites for hydroxylation is 2. The first-order valence-corrected chi connectivity index (χ1v) is 3.61. The second-order valence-electron chi connectivity index (χ2n) is 2.44. The molecule has 0 aliphatic heterocycles. The maximum atomic E-state index is 8.29. The number of allylic oxidation sites excluding steroid dienone is 1. The Morgan fingerprint density at radius 3 is 2.75 bits per heavy atom. The molecule has 0 amide bonds. The van der Waals surface area contributed by atoms with Crippen LogP contribution in [0.4, 0.5) is 0 Å². The molecule has 1 rings (SSSR count). The molecule has 0 fully saturated rings. The Labute approximate surface area is 71.4 Å². The smallest absolute Gasteiger partial charge is 0.126 e. The van der Waals surface area contributed by atoms with Crippen molar-refractivity contribution in [3.05, 3.63) is 29.4 Å².